The lowest BCUT2D eigenvalue weighted by molar-refractivity contribution is -0.153. The number of nitrogens with two attached hydrogens (primary N) is 1. The van der Waals surface area contributed by atoms with E-state index in [0.29, 0.717) is 11.3 Å². The van der Waals surface area contributed by atoms with Crippen LogP contribution in [-0.2, 0) is 30.3 Å². The average molecular weight is 688 g/mol. The summed E-state index contributed by atoms with van der Waals surface area (Å²) in [5.41, 5.74) is 9.98. The molecule has 0 spiro atoms. The number of amides is 1. The molecule has 5 aromatic rings. The van der Waals surface area contributed by atoms with E-state index in [2.05, 4.69) is 5.16 Å². The number of ether oxygens (including phenoxy) is 3. The standard InChI is InChI=1S/C39H33N3O7S/c40-33-37(44)42-34(39(45)48-36(27-17-9-3-10-18-27)28-19-11-4-12-20-28)29(24-50-38(33)42)23-46-31-21-30(49-41-31)22-32(43)47-35(25-13-5-1-6-14-25)26-15-7-2-8-16-26/h1-21,33,35-36,38H,22-24,40H2/t33?,38-/m1/s1. The number of nitrogens with zero attached hydrogens (tertiary/aromatic N) is 2. The summed E-state index contributed by atoms with van der Waals surface area (Å²) in [7, 11) is 0. The second-order valence-corrected chi connectivity index (χ2v) is 12.9. The molecule has 0 radical (unpaired) electrons. The van der Waals surface area contributed by atoms with Crippen LogP contribution in [0.3, 0.4) is 0 Å². The van der Waals surface area contributed by atoms with Crippen molar-refractivity contribution in [2.45, 2.75) is 30.0 Å². The van der Waals surface area contributed by atoms with Gasteiger partial charge in [-0.15, -0.1) is 11.8 Å². The van der Waals surface area contributed by atoms with Crippen molar-refractivity contribution in [3.05, 3.63) is 167 Å². The minimum atomic E-state index is -0.717. The van der Waals surface area contributed by atoms with Crippen molar-refractivity contribution >= 4 is 29.6 Å². The van der Waals surface area contributed by atoms with Gasteiger partial charge < -0.3 is 24.5 Å². The predicted octanol–water partition coefficient (Wildman–Crippen LogP) is 5.76. The molecular formula is C39H33N3O7S. The van der Waals surface area contributed by atoms with Gasteiger partial charge in [0.25, 0.3) is 5.88 Å². The van der Waals surface area contributed by atoms with Crippen LogP contribution in [0, 0.1) is 0 Å². The lowest BCUT2D eigenvalue weighted by atomic mass is 10.0. The third kappa shape index (κ3) is 7.05. The number of rotatable bonds is 12. The Morgan fingerprint density at radius 2 is 1.30 bits per heavy atom. The van der Waals surface area contributed by atoms with Crippen LogP contribution in [0.5, 0.6) is 5.88 Å². The SMILES string of the molecule is NC1C(=O)N2C(C(=O)OC(c3ccccc3)c3ccccc3)=C(COc3cc(CC(=O)OC(c4ccccc4)c4ccccc4)on3)CS[C@H]12. The zero-order chi connectivity index (χ0) is 34.5. The molecule has 11 heteroatoms. The quantitative estimate of drug-likeness (QED) is 0.128. The Morgan fingerprint density at radius 1 is 0.800 bits per heavy atom. The molecular weight excluding hydrogens is 655 g/mol. The number of esters is 2. The highest BCUT2D eigenvalue weighted by Gasteiger charge is 2.52. The molecule has 1 unspecified atom stereocenters. The van der Waals surface area contributed by atoms with Gasteiger partial charge in [-0.05, 0) is 27.4 Å². The number of thioether (sulfide) groups is 1. The molecule has 0 saturated carbocycles. The molecule has 2 aliphatic heterocycles. The maximum Gasteiger partial charge on any atom is 0.356 e. The second kappa shape index (κ2) is 14.9. The Labute approximate surface area is 292 Å². The molecule has 1 amide bonds. The second-order valence-electron chi connectivity index (χ2n) is 11.8. The molecule has 2 N–H and O–H groups in total. The Hall–Kier alpha value is -5.65. The van der Waals surface area contributed by atoms with Crippen molar-refractivity contribution in [1.29, 1.82) is 0 Å². The molecule has 7 rings (SSSR count). The van der Waals surface area contributed by atoms with E-state index in [1.165, 1.54) is 22.7 Å². The molecule has 1 aromatic heterocycles. The lowest BCUT2D eigenvalue weighted by Gasteiger charge is -2.48. The highest BCUT2D eigenvalue weighted by atomic mass is 32.2. The van der Waals surface area contributed by atoms with Gasteiger partial charge in [-0.25, -0.2) is 4.79 Å². The van der Waals surface area contributed by atoms with Gasteiger partial charge in [-0.1, -0.05) is 121 Å². The maximum absolute atomic E-state index is 14.0. The first-order chi connectivity index (χ1) is 24.5. The Balaban J connectivity index is 1.07. The number of carbonyl (C=O) groups excluding carboxylic acids is 3. The lowest BCUT2D eigenvalue weighted by Crippen LogP contribution is -2.68. The fraction of sp³-hybridized carbons (Fsp3) is 0.179. The van der Waals surface area contributed by atoms with Crippen molar-refractivity contribution in [2.75, 3.05) is 12.4 Å². The first-order valence-electron chi connectivity index (χ1n) is 16.1. The first-order valence-corrected chi connectivity index (χ1v) is 17.1. The molecule has 0 bridgehead atoms. The maximum atomic E-state index is 14.0. The Bertz CT molecular complexity index is 1910. The third-order valence-corrected chi connectivity index (χ3v) is 9.78. The Morgan fingerprint density at radius 3 is 1.82 bits per heavy atom. The molecule has 3 heterocycles. The van der Waals surface area contributed by atoms with Gasteiger partial charge in [0.05, 0.1) is 0 Å². The van der Waals surface area contributed by atoms with Crippen LogP contribution in [0.4, 0.5) is 0 Å². The van der Waals surface area contributed by atoms with Gasteiger partial charge in [-0.2, -0.15) is 0 Å². The number of β-lactam (4-membered cyclic amide) rings is 1. The van der Waals surface area contributed by atoms with Crippen molar-refractivity contribution < 1.29 is 33.1 Å². The van der Waals surface area contributed by atoms with Crippen LogP contribution < -0.4 is 10.5 Å². The first kappa shape index (κ1) is 32.9. The van der Waals surface area contributed by atoms with Gasteiger partial charge in [0.1, 0.15) is 30.1 Å². The number of aromatic nitrogens is 1. The molecule has 1 fully saturated rings. The molecule has 0 aliphatic carbocycles. The average Bonchev–Trinajstić information content (AvgIpc) is 3.62. The van der Waals surface area contributed by atoms with Gasteiger partial charge in [0, 0.05) is 17.4 Å². The molecule has 252 valence electrons. The summed E-state index contributed by atoms with van der Waals surface area (Å²) >= 11 is 1.45. The van der Waals surface area contributed by atoms with Crippen LogP contribution in [0.15, 0.2) is 143 Å². The molecule has 10 nitrogen and oxygen atoms in total. The smallest absolute Gasteiger partial charge is 0.356 e. The summed E-state index contributed by atoms with van der Waals surface area (Å²) in [6.07, 6.45) is -1.48. The highest BCUT2D eigenvalue weighted by molar-refractivity contribution is 8.00. The molecule has 1 saturated heterocycles. The number of carbonyl (C=O) groups is 3. The zero-order valence-corrected chi connectivity index (χ0v) is 27.6. The fourth-order valence-electron chi connectivity index (χ4n) is 5.93. The minimum absolute atomic E-state index is 0.0784. The monoisotopic (exact) mass is 687 g/mol. The van der Waals surface area contributed by atoms with Crippen LogP contribution in [0.1, 0.15) is 40.2 Å². The van der Waals surface area contributed by atoms with E-state index in [0.717, 1.165) is 22.3 Å². The molecule has 2 aliphatic rings. The van der Waals surface area contributed by atoms with Crippen LogP contribution in [0.25, 0.3) is 0 Å². The molecule has 50 heavy (non-hydrogen) atoms. The number of hydrogen-bond donors (Lipinski definition) is 1. The van der Waals surface area contributed by atoms with Crippen molar-refractivity contribution in [2.24, 2.45) is 5.73 Å². The number of fused-ring (bicyclic) bond motifs is 1. The van der Waals surface area contributed by atoms with E-state index < -0.39 is 30.2 Å². The van der Waals surface area contributed by atoms with E-state index in [-0.39, 0.29) is 41.6 Å². The van der Waals surface area contributed by atoms with E-state index in [1.54, 1.807) is 0 Å². The highest BCUT2D eigenvalue weighted by Crippen LogP contribution is 2.41. The summed E-state index contributed by atoms with van der Waals surface area (Å²) in [5.74, 6) is -0.802. The minimum Gasteiger partial charge on any atom is -0.471 e. The van der Waals surface area contributed by atoms with Gasteiger partial charge in [0.2, 0.25) is 5.91 Å². The van der Waals surface area contributed by atoms with E-state index in [1.807, 2.05) is 121 Å². The van der Waals surface area contributed by atoms with Crippen molar-refractivity contribution in [3.63, 3.8) is 0 Å². The van der Waals surface area contributed by atoms with E-state index >= 15 is 0 Å². The third-order valence-electron chi connectivity index (χ3n) is 8.42. The van der Waals surface area contributed by atoms with Crippen LogP contribution >= 0.6 is 11.8 Å². The molecule has 4 aromatic carbocycles. The zero-order valence-electron chi connectivity index (χ0n) is 26.8. The van der Waals surface area contributed by atoms with Crippen LogP contribution in [-0.4, -0.2) is 51.7 Å². The predicted molar refractivity (Wildman–Crippen MR) is 185 cm³/mol. The van der Waals surface area contributed by atoms with Gasteiger partial charge >= 0.3 is 11.9 Å². The summed E-state index contributed by atoms with van der Waals surface area (Å²) in [5, 5.41) is 3.58. The summed E-state index contributed by atoms with van der Waals surface area (Å²) in [4.78, 5) is 41.4. The fourth-order valence-corrected chi connectivity index (χ4v) is 7.21. The topological polar surface area (TPSA) is 134 Å². The van der Waals surface area contributed by atoms with Gasteiger partial charge in [-0.3, -0.25) is 14.5 Å². The summed E-state index contributed by atoms with van der Waals surface area (Å²) in [6.45, 7) is -0.0784. The normalized spacial score (nSPS) is 16.9. The number of hydrogen-bond acceptors (Lipinski definition) is 10. The van der Waals surface area contributed by atoms with Crippen molar-refractivity contribution in [3.8, 4) is 5.88 Å². The molecule has 2 atom stereocenters. The summed E-state index contributed by atoms with van der Waals surface area (Å²) < 4.78 is 23.4. The number of benzene rings is 4. The van der Waals surface area contributed by atoms with Crippen LogP contribution in [0.2, 0.25) is 0 Å². The van der Waals surface area contributed by atoms with E-state index in [9.17, 15) is 14.4 Å². The van der Waals surface area contributed by atoms with Crippen molar-refractivity contribution in [1.82, 2.24) is 10.1 Å². The summed E-state index contributed by atoms with van der Waals surface area (Å²) in [6, 6.07) is 38.6. The Kier molecular flexibility index (Phi) is 9.77. The van der Waals surface area contributed by atoms with E-state index in [4.69, 9.17) is 24.5 Å². The largest absolute Gasteiger partial charge is 0.471 e. The van der Waals surface area contributed by atoms with Gasteiger partial charge in [0.15, 0.2) is 18.0 Å².